The third kappa shape index (κ3) is 3.50. The molecule has 6 nitrogen and oxygen atoms in total. The Morgan fingerprint density at radius 1 is 1.23 bits per heavy atom. The van der Waals surface area contributed by atoms with Gasteiger partial charge in [-0.2, -0.15) is 4.98 Å². The van der Waals surface area contributed by atoms with Gasteiger partial charge >= 0.3 is 5.69 Å². The van der Waals surface area contributed by atoms with Crippen molar-refractivity contribution in [3.63, 3.8) is 0 Å². The van der Waals surface area contributed by atoms with Crippen molar-refractivity contribution in [2.75, 3.05) is 11.1 Å². The maximum atomic E-state index is 12.1. The van der Waals surface area contributed by atoms with E-state index < -0.39 is 5.69 Å². The first-order chi connectivity index (χ1) is 12.5. The molecule has 0 radical (unpaired) electrons. The maximum absolute atomic E-state index is 12.1. The van der Waals surface area contributed by atoms with Crippen LogP contribution in [0.5, 0.6) is 0 Å². The fraction of sp³-hybridized carbons (Fsp3) is 0. The van der Waals surface area contributed by atoms with E-state index in [4.69, 9.17) is 17.3 Å². The minimum atomic E-state index is -0.530. The van der Waals surface area contributed by atoms with Gasteiger partial charge in [0.05, 0.1) is 10.7 Å². The van der Waals surface area contributed by atoms with Crippen molar-refractivity contribution in [1.29, 1.82) is 0 Å². The van der Waals surface area contributed by atoms with E-state index in [9.17, 15) is 9.59 Å². The lowest BCUT2D eigenvalue weighted by atomic mass is 10.0. The van der Waals surface area contributed by atoms with Gasteiger partial charge in [0.1, 0.15) is 5.82 Å². The Balaban J connectivity index is 2.09. The molecular formula is C19H15ClN4O2. The molecule has 1 heterocycles. The molecule has 26 heavy (non-hydrogen) atoms. The second-order valence-corrected chi connectivity index (χ2v) is 5.82. The van der Waals surface area contributed by atoms with Crippen molar-refractivity contribution in [1.82, 2.24) is 9.55 Å². The van der Waals surface area contributed by atoms with E-state index in [0.717, 1.165) is 11.1 Å². The first-order valence-electron chi connectivity index (χ1n) is 7.67. The van der Waals surface area contributed by atoms with Gasteiger partial charge in [0.15, 0.2) is 0 Å². The molecular weight excluding hydrogens is 352 g/mol. The summed E-state index contributed by atoms with van der Waals surface area (Å²) in [5, 5.41) is 2.96. The number of nitrogens with zero attached hydrogens (tertiary/aromatic N) is 2. The number of hydrogen-bond donors (Lipinski definition) is 2. The van der Waals surface area contributed by atoms with E-state index in [2.05, 4.69) is 16.9 Å². The number of anilines is 2. The lowest BCUT2D eigenvalue weighted by Gasteiger charge is -2.12. The fourth-order valence-electron chi connectivity index (χ4n) is 2.48. The standard InChI is InChI=1S/C19H15ClN4O2/c1-2-17(25)22-16-9-4-3-8-14(16)12-6-5-7-13(10-12)24-11-15(20)18(21)23-19(24)26/h2-11H,1H2,(H,22,25)(H2,21,23,26). The van der Waals surface area contributed by atoms with Crippen LogP contribution in [-0.2, 0) is 4.79 Å². The number of benzene rings is 2. The van der Waals surface area contributed by atoms with Crippen LogP contribution in [0.4, 0.5) is 11.5 Å². The third-order valence-corrected chi connectivity index (χ3v) is 4.01. The maximum Gasteiger partial charge on any atom is 0.354 e. The summed E-state index contributed by atoms with van der Waals surface area (Å²) in [6.07, 6.45) is 2.63. The monoisotopic (exact) mass is 366 g/mol. The van der Waals surface area contributed by atoms with E-state index in [0.29, 0.717) is 11.4 Å². The highest BCUT2D eigenvalue weighted by Gasteiger charge is 2.10. The zero-order valence-corrected chi connectivity index (χ0v) is 14.4. The van der Waals surface area contributed by atoms with E-state index in [1.807, 2.05) is 24.3 Å². The molecule has 0 aliphatic heterocycles. The largest absolute Gasteiger partial charge is 0.382 e. The van der Waals surface area contributed by atoms with E-state index in [1.165, 1.54) is 16.8 Å². The molecule has 0 bridgehead atoms. The summed E-state index contributed by atoms with van der Waals surface area (Å²) in [4.78, 5) is 27.5. The van der Waals surface area contributed by atoms with Crippen LogP contribution in [0, 0.1) is 0 Å². The highest BCUT2D eigenvalue weighted by Crippen LogP contribution is 2.29. The first kappa shape index (κ1) is 17.4. The summed E-state index contributed by atoms with van der Waals surface area (Å²) in [6, 6.07) is 14.6. The molecule has 0 unspecified atom stereocenters. The summed E-state index contributed by atoms with van der Waals surface area (Å²) < 4.78 is 1.31. The van der Waals surface area contributed by atoms with Crippen LogP contribution in [0.3, 0.4) is 0 Å². The van der Waals surface area contributed by atoms with E-state index >= 15 is 0 Å². The van der Waals surface area contributed by atoms with Gasteiger partial charge in [0.25, 0.3) is 0 Å². The molecule has 2 aromatic carbocycles. The lowest BCUT2D eigenvalue weighted by Crippen LogP contribution is -2.22. The molecule has 1 aromatic heterocycles. The van der Waals surface area contributed by atoms with Gasteiger partial charge in [-0.15, -0.1) is 0 Å². The average Bonchev–Trinajstić information content (AvgIpc) is 2.65. The van der Waals surface area contributed by atoms with Crippen LogP contribution >= 0.6 is 11.6 Å². The number of nitrogens with one attached hydrogen (secondary N) is 1. The number of para-hydroxylation sites is 1. The molecule has 0 fully saturated rings. The molecule has 7 heteroatoms. The zero-order chi connectivity index (χ0) is 18.7. The Morgan fingerprint density at radius 2 is 2.00 bits per heavy atom. The van der Waals surface area contributed by atoms with Crippen LogP contribution in [-0.4, -0.2) is 15.5 Å². The second-order valence-electron chi connectivity index (χ2n) is 5.42. The normalized spacial score (nSPS) is 10.3. The number of carbonyl (C=O) groups is 1. The SMILES string of the molecule is C=CC(=O)Nc1ccccc1-c1cccc(-n2cc(Cl)c(N)nc2=O)c1. The van der Waals surface area contributed by atoms with Crippen molar-refractivity contribution in [2.45, 2.75) is 0 Å². The van der Waals surface area contributed by atoms with Gasteiger partial charge in [-0.25, -0.2) is 4.79 Å². The van der Waals surface area contributed by atoms with Gasteiger partial charge in [-0.05, 0) is 29.8 Å². The van der Waals surface area contributed by atoms with Crippen molar-refractivity contribution in [3.8, 4) is 16.8 Å². The molecule has 0 saturated heterocycles. The molecule has 3 rings (SSSR count). The van der Waals surface area contributed by atoms with Crippen LogP contribution in [0.15, 0.2) is 72.2 Å². The third-order valence-electron chi connectivity index (χ3n) is 3.71. The van der Waals surface area contributed by atoms with Crippen molar-refractivity contribution in [3.05, 3.63) is 82.9 Å². The number of hydrogen-bond acceptors (Lipinski definition) is 4. The molecule has 0 atom stereocenters. The Morgan fingerprint density at radius 3 is 2.77 bits per heavy atom. The topological polar surface area (TPSA) is 90.0 Å². The summed E-state index contributed by atoms with van der Waals surface area (Å²) in [5.41, 5.74) is 7.85. The summed E-state index contributed by atoms with van der Waals surface area (Å²) in [5.74, 6) is -0.319. The van der Waals surface area contributed by atoms with Crippen molar-refractivity contribution in [2.24, 2.45) is 0 Å². The van der Waals surface area contributed by atoms with Crippen molar-refractivity contribution >= 4 is 29.0 Å². The van der Waals surface area contributed by atoms with Gasteiger partial charge < -0.3 is 11.1 Å². The Labute approximate surface area is 154 Å². The van der Waals surface area contributed by atoms with Crippen LogP contribution < -0.4 is 16.7 Å². The molecule has 3 N–H and O–H groups in total. The Bertz CT molecular complexity index is 1060. The first-order valence-corrected chi connectivity index (χ1v) is 8.05. The molecule has 0 saturated carbocycles. The van der Waals surface area contributed by atoms with Gasteiger partial charge in [-0.1, -0.05) is 48.5 Å². The second kappa shape index (κ2) is 7.25. The molecule has 0 spiro atoms. The minimum absolute atomic E-state index is 0.0124. The predicted octanol–water partition coefficient (Wildman–Crippen LogP) is 3.26. The quantitative estimate of drug-likeness (QED) is 0.693. The number of rotatable bonds is 4. The summed E-state index contributed by atoms with van der Waals surface area (Å²) in [6.45, 7) is 3.46. The number of carbonyl (C=O) groups excluding carboxylic acids is 1. The van der Waals surface area contributed by atoms with Crippen LogP contribution in [0.1, 0.15) is 0 Å². The smallest absolute Gasteiger partial charge is 0.354 e. The van der Waals surface area contributed by atoms with E-state index in [1.54, 1.807) is 24.3 Å². The zero-order valence-electron chi connectivity index (χ0n) is 13.6. The Kier molecular flexibility index (Phi) is 4.86. The predicted molar refractivity (Wildman–Crippen MR) is 104 cm³/mol. The highest BCUT2D eigenvalue weighted by molar-refractivity contribution is 6.32. The summed E-state index contributed by atoms with van der Waals surface area (Å²) >= 11 is 5.99. The number of amides is 1. The van der Waals surface area contributed by atoms with Gasteiger partial charge in [-0.3, -0.25) is 9.36 Å². The highest BCUT2D eigenvalue weighted by atomic mass is 35.5. The molecule has 130 valence electrons. The average molecular weight is 367 g/mol. The van der Waals surface area contributed by atoms with Crippen molar-refractivity contribution < 1.29 is 4.79 Å². The Hall–Kier alpha value is -3.38. The molecule has 0 aliphatic rings. The van der Waals surface area contributed by atoms with Gasteiger partial charge in [0.2, 0.25) is 5.91 Å². The summed E-state index contributed by atoms with van der Waals surface area (Å²) in [7, 11) is 0. The number of nitrogens with two attached hydrogens (primary N) is 1. The van der Waals surface area contributed by atoms with Gasteiger partial charge in [0, 0.05) is 17.4 Å². The minimum Gasteiger partial charge on any atom is -0.382 e. The number of nitrogen functional groups attached to an aromatic ring is 1. The molecule has 1 amide bonds. The molecule has 3 aromatic rings. The van der Waals surface area contributed by atoms with Crippen LogP contribution in [0.2, 0.25) is 5.02 Å². The lowest BCUT2D eigenvalue weighted by molar-refractivity contribution is -0.111. The number of halogens is 1. The number of aromatic nitrogens is 2. The molecule has 0 aliphatic carbocycles. The van der Waals surface area contributed by atoms with Crippen LogP contribution in [0.25, 0.3) is 16.8 Å². The van der Waals surface area contributed by atoms with E-state index in [-0.39, 0.29) is 16.7 Å². The fourth-order valence-corrected chi connectivity index (χ4v) is 2.62.